The zero-order valence-corrected chi connectivity index (χ0v) is 101. The maximum Gasteiger partial charge on any atom is 1.00 e. The quantitative estimate of drug-likeness (QED) is 0.00478. The molecule has 46 nitrogen and oxygen atoms in total. The van der Waals surface area contributed by atoms with Gasteiger partial charge in [0.2, 0.25) is 0 Å². The van der Waals surface area contributed by atoms with Crippen LogP contribution < -0.4 is 224 Å². The normalized spacial score (nSPS) is 10.9. The summed E-state index contributed by atoms with van der Waals surface area (Å²) in [7, 11) is 11.0. The summed E-state index contributed by atoms with van der Waals surface area (Å²) in [5.41, 5.74) is 18.1. The Hall–Kier alpha value is -9.83. The number of H-pyrrole nitrogens is 2. The summed E-state index contributed by atoms with van der Waals surface area (Å²) in [6, 6.07) is 34.4. The number of aromatic nitrogens is 16. The van der Waals surface area contributed by atoms with Crippen LogP contribution in [0.15, 0.2) is 198 Å². The molecule has 0 radical (unpaired) electrons. The summed E-state index contributed by atoms with van der Waals surface area (Å²) >= 11 is 13.1. The van der Waals surface area contributed by atoms with Gasteiger partial charge in [-0.15, -0.1) is 0 Å². The van der Waals surface area contributed by atoms with E-state index in [9.17, 15) is 62.2 Å². The van der Waals surface area contributed by atoms with Gasteiger partial charge in [-0.25, -0.2) is 24.0 Å². The van der Waals surface area contributed by atoms with E-state index in [1.807, 2.05) is 18.2 Å². The number of aromatic amines is 2. The molecule has 1 unspecified atom stereocenters. The van der Waals surface area contributed by atoms with Crippen molar-refractivity contribution in [3.05, 3.63) is 255 Å². The second-order valence-electron chi connectivity index (χ2n) is 29.3. The van der Waals surface area contributed by atoms with Crippen molar-refractivity contribution in [3.63, 3.8) is 0 Å². The molecule has 14 rings (SSSR count). The van der Waals surface area contributed by atoms with Crippen molar-refractivity contribution in [2.75, 3.05) is 85.8 Å². The summed E-state index contributed by atoms with van der Waals surface area (Å²) in [5.74, 6) is -5.94. The second kappa shape index (κ2) is 71.7. The minimum Gasteiger partial charge on any atom is -1.00 e. The Kier molecular flexibility index (Phi) is 65.9. The summed E-state index contributed by atoms with van der Waals surface area (Å²) < 4.78 is 49.0. The molecule has 5 amide bonds. The van der Waals surface area contributed by atoms with Gasteiger partial charge in [0.15, 0.2) is 29.1 Å². The molecule has 0 saturated carbocycles. The first-order valence-electron chi connectivity index (χ1n) is 41.8. The number of nitrogens with one attached hydrogen (secondary N) is 7. The maximum atomic E-state index is 12.7. The molecule has 0 aliphatic carbocycles. The Morgan fingerprint density at radius 2 is 0.924 bits per heavy atom. The monoisotopic (exact) mass is 2490 g/mol. The van der Waals surface area contributed by atoms with Gasteiger partial charge in [0.1, 0.15) is 11.3 Å². The predicted molar refractivity (Wildman–Crippen MR) is 524 cm³/mol. The van der Waals surface area contributed by atoms with E-state index < -0.39 is 66.8 Å². The topological polar surface area (TPSA) is 653 Å². The fourth-order valence-electron chi connectivity index (χ4n) is 11.3. The molecule has 1 aliphatic heterocycles. The molecular formula is C90H104Br4Cs2FLi2N23O23. The molecule has 756 valence electrons. The number of carboxylic acid groups (broad SMARTS) is 2. The number of hydrogen-bond donors (Lipinski definition) is 11. The standard InChI is InChI=1S/C21H23N5O5.C19H21BrN6O2.C15H13N5O3.C13H12BrN3O3.C7H5BrO2.C6H9N3O2.C4H8O2.C3H8BrN.CH3F.CH2O3.2Cs.2Li.H2O.H/c1-21(2,3)31-20(29)26-11-15(10-22-26)13-7-6-8-14(9-13)18(27)23-16-12-25(4)24-17(16)19(28)30-5;1-26-12-16(17(25-26)19(28)21-8-3-2-7-20)24-18(27)14-6-4-5-13(9-14)15-10-22-23-11-15;1-20-8-12(13(19-20)15(22)23)18-14(21)10-4-2-3-9(5-10)11-6-16-17-7-11;1-17-7-10(11(16-17)13(19)20-2)15-12(18)8-4-3-5-9(14)6-8;8-6-3-1-2-5(4-6)7(9)10;1-9-3-4(7)5(8-9)6(10)11-2;5-4-2-1-3-6-4;4-2-1-3-5;1-2;2-1-4-3;;;;;;/h6-12H,1-5H3,(H,23,27);4-6,9-12H,2-3,7-8H2,1H3,(H,21,28)(H,22,23)(H,24,27);2-8H,1H3,(H,16,17)(H,18,21)(H,22,23);3-7H,1-2H3,(H,15,18);1-4H,(H,9,10);3H,7H2,1-2H3;4-5H,1-3H2;1-3,5H2;1H3;1,3H;;;;;1H2;/q;;;;;;;;;;4*+1;;-1/p-3/i;;;;;;;;1D;;;;;;;. The number of amides is 5. The number of nitrogens with zero attached hydrogens (tertiary/aromatic N) is 14. The number of halogens is 5. The molecule has 0 bridgehead atoms. The number of rotatable bonds is 24. The number of aliphatic hydroxyl groups is 1. The number of aliphatic hydroxyl groups excluding tert-OH is 1. The zero-order valence-electron chi connectivity index (χ0n) is 83.6. The van der Waals surface area contributed by atoms with Crippen molar-refractivity contribution in [1.29, 1.82) is 0 Å². The number of aromatic carboxylic acids is 2. The summed E-state index contributed by atoms with van der Waals surface area (Å²) in [5, 5.41) is 88.8. The molecule has 55 heteroatoms. The van der Waals surface area contributed by atoms with E-state index in [-0.39, 0.29) is 246 Å². The molecule has 145 heavy (non-hydrogen) atoms. The molecule has 1 aliphatic rings. The number of unbranched alkanes of at least 4 members (excludes halogenated alkanes) is 1. The van der Waals surface area contributed by atoms with Crippen molar-refractivity contribution in [2.45, 2.75) is 64.8 Å². The number of carbonyl (C=O) groups excluding carboxylic acids is 11. The van der Waals surface area contributed by atoms with E-state index in [0.717, 1.165) is 91.8 Å². The van der Waals surface area contributed by atoms with E-state index in [4.69, 9.17) is 47.3 Å². The van der Waals surface area contributed by atoms with Gasteiger partial charge in [-0.1, -0.05) is 112 Å². The molecule has 1 fully saturated rings. The van der Waals surface area contributed by atoms with E-state index in [1.165, 1.54) is 69.5 Å². The second-order valence-corrected chi connectivity index (χ2v) is 32.7. The number of ether oxygens (including phenoxy) is 5. The Morgan fingerprint density at radius 1 is 0.559 bits per heavy atom. The van der Waals surface area contributed by atoms with Gasteiger partial charge < -0.3 is 98.9 Å². The third-order valence-corrected chi connectivity index (χ3v) is 19.6. The molecule has 5 aromatic carbocycles. The number of hydrogen-bond acceptors (Lipinski definition) is 32. The van der Waals surface area contributed by atoms with Crippen LogP contribution in [0.5, 0.6) is 0 Å². The predicted octanol–water partition coefficient (Wildman–Crippen LogP) is -1.53. The molecule has 0 spiro atoms. The van der Waals surface area contributed by atoms with E-state index in [1.54, 1.807) is 203 Å². The Morgan fingerprint density at radius 3 is 1.25 bits per heavy atom. The van der Waals surface area contributed by atoms with Crippen LogP contribution in [0.1, 0.15) is 160 Å². The van der Waals surface area contributed by atoms with Gasteiger partial charge in [0.25, 0.3) is 36.0 Å². The van der Waals surface area contributed by atoms with Crippen LogP contribution in [0.4, 0.5) is 37.6 Å². The third kappa shape index (κ3) is 47.5. The van der Waals surface area contributed by atoms with Crippen LogP contribution in [0.25, 0.3) is 33.4 Å². The van der Waals surface area contributed by atoms with Gasteiger partial charge >= 0.3 is 205 Å². The van der Waals surface area contributed by atoms with Crippen LogP contribution in [0.2, 0.25) is 0 Å². The van der Waals surface area contributed by atoms with Crippen molar-refractivity contribution < 1.29 is 295 Å². The average Bonchev–Trinajstić information content (AvgIpc) is 1.69. The van der Waals surface area contributed by atoms with Gasteiger partial charge in [0, 0.05) is 163 Å². The molecule has 13 aromatic rings. The number of carboxylic acids is 2. The molecule has 9 heterocycles. The number of alkyl halides is 3. The fraction of sp³-hybridized carbons (Fsp3) is 0.267. The molecule has 14 N–H and O–H groups in total. The van der Waals surface area contributed by atoms with Crippen LogP contribution >= 0.6 is 63.7 Å². The molecular weight excluding hydrogens is 2390 g/mol. The maximum absolute atomic E-state index is 12.7. The van der Waals surface area contributed by atoms with Crippen molar-refractivity contribution >= 4 is 164 Å². The molecule has 8 aromatic heterocycles. The Bertz CT molecular complexity index is 6290. The number of nitrogens with two attached hydrogens (primary N) is 2. The number of methoxy groups -OCH3 is 3. The first-order valence-corrected chi connectivity index (χ1v) is 45.0. The number of aryl methyl sites for hydroxylation is 5. The fourth-order valence-corrected chi connectivity index (χ4v) is 12.8. The van der Waals surface area contributed by atoms with Gasteiger partial charge in [0.05, 0.1) is 88.4 Å². The van der Waals surface area contributed by atoms with E-state index in [2.05, 4.69) is 156 Å². The smallest absolute Gasteiger partial charge is 1.00 e. The van der Waals surface area contributed by atoms with Crippen LogP contribution in [0.3, 0.4) is 0 Å². The minimum atomic E-state index is -1.45. The average molecular weight is 2500 g/mol. The summed E-state index contributed by atoms with van der Waals surface area (Å²) in [6.07, 6.45) is 21.2. The van der Waals surface area contributed by atoms with E-state index >= 15 is 0 Å². The molecule has 1 atom stereocenters. The Labute approximate surface area is 1010 Å². The van der Waals surface area contributed by atoms with Crippen LogP contribution in [-0.4, -0.2) is 237 Å². The third-order valence-electron chi connectivity index (χ3n) is 17.5. The number of esters is 3. The minimum absolute atomic E-state index is 0. The number of nitrogen functional groups attached to an aromatic ring is 1. The summed E-state index contributed by atoms with van der Waals surface area (Å²) in [4.78, 5) is 141. The number of carbonyl (C=O) groups is 12. The summed E-state index contributed by atoms with van der Waals surface area (Å²) in [6.45, 7) is 7.22. The Balaban J connectivity index is 0. The number of benzene rings is 5. The first kappa shape index (κ1) is 133. The molecule has 1 saturated heterocycles. The van der Waals surface area contributed by atoms with E-state index in [0.29, 0.717) is 62.6 Å². The van der Waals surface area contributed by atoms with Crippen molar-refractivity contribution in [2.24, 2.45) is 41.0 Å². The largest absolute Gasteiger partial charge is 1.00 e. The SMILES string of the molecule is COC(=O)c1nn(C)cc1N.COC(=O)c1nn(C)cc1NC(=O)c1cccc(-c2cnn(C(=O)OC(C)(C)C)c2)c1.COC(=O)c1nn(C)cc1NC(=O)c1cccc(Br)c1.Cn1cc(NC(=O)c2cccc(-c3cn[nH]c3)c2)c(C(=O)NCCCCBr)n1.Cn1cc(NC(=O)c2cccc(-c3cn[nH]c3)c2)c(C(=O)[O-])n1.NCCCBr.O=C(O)c1cccc(Br)c1.O=CO[O-].OC1CCCO1.[2H]CF.[Cs+].[Cs+].[H-].[Li+].[Li+].[OH-]. The van der Waals surface area contributed by atoms with Gasteiger partial charge in [-0.05, 0) is 142 Å². The van der Waals surface area contributed by atoms with Gasteiger partial charge in [-0.2, -0.15) is 45.5 Å². The first-order chi connectivity index (χ1) is 67.2. The van der Waals surface area contributed by atoms with Crippen molar-refractivity contribution in [1.82, 2.24) is 84.4 Å². The zero-order chi connectivity index (χ0) is 104. The van der Waals surface area contributed by atoms with Crippen LogP contribution in [0, 0.1) is 0 Å². The van der Waals surface area contributed by atoms with Gasteiger partial charge in [-0.3, -0.25) is 66.8 Å². The van der Waals surface area contributed by atoms with Crippen molar-refractivity contribution in [3.8, 4) is 33.4 Å². The van der Waals surface area contributed by atoms with Crippen LogP contribution in [-0.2, 0) is 68.6 Å². The number of anilines is 5.